The van der Waals surface area contributed by atoms with E-state index in [4.69, 9.17) is 5.11 Å². The van der Waals surface area contributed by atoms with Crippen molar-refractivity contribution < 1.29 is 14.7 Å². The van der Waals surface area contributed by atoms with Crippen LogP contribution in [0.25, 0.3) is 0 Å². The highest BCUT2D eigenvalue weighted by atomic mass is 16.4. The highest BCUT2D eigenvalue weighted by Gasteiger charge is 2.48. The van der Waals surface area contributed by atoms with Crippen LogP contribution in [0.5, 0.6) is 0 Å². The van der Waals surface area contributed by atoms with Gasteiger partial charge in [0.25, 0.3) is 0 Å². The Balaban J connectivity index is 2.30. The number of benzene rings is 1. The van der Waals surface area contributed by atoms with Crippen molar-refractivity contribution in [2.75, 3.05) is 0 Å². The van der Waals surface area contributed by atoms with Gasteiger partial charge in [-0.2, -0.15) is 0 Å². The fourth-order valence-electron chi connectivity index (χ4n) is 2.31. The zero-order valence-corrected chi connectivity index (χ0v) is 11.9. The number of ketones is 1. The first-order valence-electron chi connectivity index (χ1n) is 6.60. The Morgan fingerprint density at radius 2 is 1.84 bits per heavy atom. The predicted molar refractivity (Wildman–Crippen MR) is 73.4 cm³/mol. The number of carboxylic acids is 1. The van der Waals surface area contributed by atoms with E-state index in [0.29, 0.717) is 12.0 Å². The second kappa shape index (κ2) is 4.48. The average Bonchev–Trinajstić information content (AvgIpc) is 3.07. The Morgan fingerprint density at radius 1 is 1.21 bits per heavy atom. The van der Waals surface area contributed by atoms with Crippen LogP contribution in [0.15, 0.2) is 18.2 Å². The van der Waals surface area contributed by atoms with E-state index in [-0.39, 0.29) is 17.1 Å². The van der Waals surface area contributed by atoms with Gasteiger partial charge in [-0.3, -0.25) is 9.59 Å². The van der Waals surface area contributed by atoms with Crippen molar-refractivity contribution in [3.63, 3.8) is 0 Å². The lowest BCUT2D eigenvalue weighted by Gasteiger charge is -2.20. The van der Waals surface area contributed by atoms with Crippen molar-refractivity contribution in [2.45, 2.75) is 39.5 Å². The lowest BCUT2D eigenvalue weighted by molar-refractivity contribution is -0.138. The first-order valence-corrected chi connectivity index (χ1v) is 6.60. The van der Waals surface area contributed by atoms with Crippen LogP contribution in [0, 0.1) is 18.8 Å². The number of hydrogen-bond donors (Lipinski definition) is 1. The van der Waals surface area contributed by atoms with E-state index < -0.39 is 11.9 Å². The molecule has 102 valence electrons. The number of carboxylic acid groups (broad SMARTS) is 1. The summed E-state index contributed by atoms with van der Waals surface area (Å²) in [4.78, 5) is 23.2. The van der Waals surface area contributed by atoms with Gasteiger partial charge in [-0.25, -0.2) is 0 Å². The molecule has 3 nitrogen and oxygen atoms in total. The SMILES string of the molecule is Cc1ccc(C(C)(C)C)cc1C(=O)C1CC1C(=O)O. The molecule has 0 aromatic heterocycles. The molecule has 3 heteroatoms. The number of rotatable bonds is 3. The van der Waals surface area contributed by atoms with Crippen LogP contribution in [-0.2, 0) is 10.2 Å². The fourth-order valence-corrected chi connectivity index (χ4v) is 2.31. The van der Waals surface area contributed by atoms with Crippen molar-refractivity contribution in [1.29, 1.82) is 0 Å². The van der Waals surface area contributed by atoms with Crippen LogP contribution in [0.1, 0.15) is 48.7 Å². The maximum atomic E-state index is 12.4. The van der Waals surface area contributed by atoms with Gasteiger partial charge in [-0.1, -0.05) is 32.9 Å². The fraction of sp³-hybridized carbons (Fsp3) is 0.500. The van der Waals surface area contributed by atoms with Crippen LogP contribution in [-0.4, -0.2) is 16.9 Å². The quantitative estimate of drug-likeness (QED) is 0.849. The molecule has 0 saturated heterocycles. The molecule has 0 amide bonds. The van der Waals surface area contributed by atoms with E-state index >= 15 is 0 Å². The van der Waals surface area contributed by atoms with Crippen molar-refractivity contribution in [3.8, 4) is 0 Å². The molecule has 2 atom stereocenters. The molecule has 2 rings (SSSR count). The summed E-state index contributed by atoms with van der Waals surface area (Å²) in [6, 6.07) is 5.91. The first-order chi connectivity index (χ1) is 8.71. The minimum absolute atomic E-state index is 0.0154. The number of carbonyl (C=O) groups is 2. The molecule has 1 aliphatic rings. The molecule has 1 aliphatic carbocycles. The summed E-state index contributed by atoms with van der Waals surface area (Å²) < 4.78 is 0. The summed E-state index contributed by atoms with van der Waals surface area (Å²) in [5.41, 5.74) is 2.70. The van der Waals surface area contributed by atoms with E-state index in [1.807, 2.05) is 25.1 Å². The van der Waals surface area contributed by atoms with Crippen molar-refractivity contribution in [3.05, 3.63) is 34.9 Å². The standard InChI is InChI=1S/C16H20O3/c1-9-5-6-10(16(2,3)4)7-11(9)14(17)12-8-13(12)15(18)19/h5-7,12-13H,8H2,1-4H3,(H,18,19). The number of hydrogen-bond acceptors (Lipinski definition) is 2. The number of carbonyl (C=O) groups excluding carboxylic acids is 1. The Labute approximate surface area is 113 Å². The van der Waals surface area contributed by atoms with E-state index in [9.17, 15) is 9.59 Å². The van der Waals surface area contributed by atoms with E-state index in [0.717, 1.165) is 11.1 Å². The normalized spacial score (nSPS) is 22.1. The largest absolute Gasteiger partial charge is 0.481 e. The molecule has 0 radical (unpaired) electrons. The third-order valence-electron chi connectivity index (χ3n) is 3.81. The Kier molecular flexibility index (Phi) is 3.25. The van der Waals surface area contributed by atoms with Crippen LogP contribution in [0.3, 0.4) is 0 Å². The maximum Gasteiger partial charge on any atom is 0.307 e. The average molecular weight is 260 g/mol. The molecule has 1 N–H and O–H groups in total. The molecule has 0 spiro atoms. The molecule has 1 aromatic rings. The molecule has 19 heavy (non-hydrogen) atoms. The number of aryl methyl sites for hydroxylation is 1. The lowest BCUT2D eigenvalue weighted by Crippen LogP contribution is -2.14. The molecule has 1 fully saturated rings. The second-order valence-corrected chi connectivity index (χ2v) is 6.43. The minimum Gasteiger partial charge on any atom is -0.481 e. The van der Waals surface area contributed by atoms with Crippen molar-refractivity contribution in [2.24, 2.45) is 11.8 Å². The monoisotopic (exact) mass is 260 g/mol. The van der Waals surface area contributed by atoms with Gasteiger partial charge in [0.1, 0.15) is 0 Å². The van der Waals surface area contributed by atoms with Crippen molar-refractivity contribution in [1.82, 2.24) is 0 Å². The summed E-state index contributed by atoms with van der Waals surface area (Å²) in [6.07, 6.45) is 0.480. The minimum atomic E-state index is -0.858. The Morgan fingerprint density at radius 3 is 2.32 bits per heavy atom. The summed E-state index contributed by atoms with van der Waals surface area (Å²) >= 11 is 0. The lowest BCUT2D eigenvalue weighted by atomic mass is 9.84. The van der Waals surface area contributed by atoms with Crippen LogP contribution in [0.2, 0.25) is 0 Å². The molecule has 1 aromatic carbocycles. The van der Waals surface area contributed by atoms with Crippen molar-refractivity contribution >= 4 is 11.8 Å². The topological polar surface area (TPSA) is 54.4 Å². The van der Waals surface area contributed by atoms with Gasteiger partial charge in [-0.05, 0) is 36.0 Å². The zero-order valence-electron chi connectivity index (χ0n) is 11.9. The highest BCUT2D eigenvalue weighted by Crippen LogP contribution is 2.42. The molecule has 0 aliphatic heterocycles. The molecular weight excluding hydrogens is 240 g/mol. The Bertz CT molecular complexity index is 537. The van der Waals surface area contributed by atoms with Gasteiger partial charge in [0.05, 0.1) is 5.92 Å². The molecule has 2 unspecified atom stereocenters. The van der Waals surface area contributed by atoms with Gasteiger partial charge < -0.3 is 5.11 Å². The predicted octanol–water partition coefficient (Wildman–Crippen LogP) is 3.20. The molecular formula is C16H20O3. The van der Waals surface area contributed by atoms with Gasteiger partial charge in [0.2, 0.25) is 0 Å². The van der Waals surface area contributed by atoms with Crippen LogP contribution >= 0.6 is 0 Å². The van der Waals surface area contributed by atoms with Gasteiger partial charge in [0.15, 0.2) is 5.78 Å². The van der Waals surface area contributed by atoms with Gasteiger partial charge >= 0.3 is 5.97 Å². The molecule has 1 saturated carbocycles. The Hall–Kier alpha value is -1.64. The van der Waals surface area contributed by atoms with E-state index in [2.05, 4.69) is 20.8 Å². The third-order valence-corrected chi connectivity index (χ3v) is 3.81. The first kappa shape index (κ1) is 13.8. The second-order valence-electron chi connectivity index (χ2n) is 6.43. The van der Waals surface area contributed by atoms with Crippen LogP contribution < -0.4 is 0 Å². The number of aliphatic carboxylic acids is 1. The van der Waals surface area contributed by atoms with Gasteiger partial charge in [0, 0.05) is 11.5 Å². The van der Waals surface area contributed by atoms with Gasteiger partial charge in [-0.15, -0.1) is 0 Å². The zero-order chi connectivity index (χ0) is 14.4. The summed E-state index contributed by atoms with van der Waals surface area (Å²) in [5.74, 6) is -1.68. The third kappa shape index (κ3) is 2.70. The summed E-state index contributed by atoms with van der Waals surface area (Å²) in [7, 11) is 0. The maximum absolute atomic E-state index is 12.4. The molecule has 0 bridgehead atoms. The van der Waals surface area contributed by atoms with E-state index in [1.54, 1.807) is 0 Å². The summed E-state index contributed by atoms with van der Waals surface area (Å²) in [5, 5.41) is 8.92. The smallest absolute Gasteiger partial charge is 0.307 e. The summed E-state index contributed by atoms with van der Waals surface area (Å²) in [6.45, 7) is 8.20. The van der Waals surface area contributed by atoms with Crippen LogP contribution in [0.4, 0.5) is 0 Å². The number of Topliss-reactive ketones (excluding diaryl/α,β-unsaturated/α-hetero) is 1. The highest BCUT2D eigenvalue weighted by molar-refractivity contribution is 6.03. The molecule has 0 heterocycles. The van der Waals surface area contributed by atoms with E-state index in [1.165, 1.54) is 0 Å².